The Morgan fingerprint density at radius 2 is 2.09 bits per heavy atom. The van der Waals surface area contributed by atoms with Crippen molar-refractivity contribution >= 4 is 17.7 Å². The summed E-state index contributed by atoms with van der Waals surface area (Å²) in [6.07, 6.45) is -0.934. The number of hydrogen-bond acceptors (Lipinski definition) is 5. The van der Waals surface area contributed by atoms with Crippen LogP contribution in [0.2, 0.25) is 0 Å². The van der Waals surface area contributed by atoms with Crippen LogP contribution in [0.25, 0.3) is 0 Å². The van der Waals surface area contributed by atoms with E-state index in [0.29, 0.717) is 11.1 Å². The molecule has 1 aromatic carbocycles. The number of rotatable bonds is 1. The third-order valence-corrected chi connectivity index (χ3v) is 3.92. The lowest BCUT2D eigenvalue weighted by Crippen LogP contribution is -2.53. The van der Waals surface area contributed by atoms with E-state index < -0.39 is 24.1 Å². The summed E-state index contributed by atoms with van der Waals surface area (Å²) in [5.74, 6) is 3.74. The summed E-state index contributed by atoms with van der Waals surface area (Å²) in [7, 11) is 0. The molecule has 3 rings (SSSR count). The van der Waals surface area contributed by atoms with Crippen LogP contribution in [0.5, 0.6) is 0 Å². The smallest absolute Gasteiger partial charge is 0.257 e. The standard InChI is InChI=1S/C16H14N2O5/c19-7-1-2-9-3-4-10-11(8-9)16(23)18(15(10)22)12-5-6-13(20)17-14(12)21/h3-4,8,12,15,19,22H,5-7H2,(H,17,20,21). The van der Waals surface area contributed by atoms with Gasteiger partial charge in [0.1, 0.15) is 12.6 Å². The average Bonchev–Trinajstić information content (AvgIpc) is 2.77. The molecule has 3 N–H and O–H groups in total. The maximum atomic E-state index is 12.6. The number of nitrogens with one attached hydrogen (secondary N) is 1. The van der Waals surface area contributed by atoms with Crippen LogP contribution < -0.4 is 5.32 Å². The van der Waals surface area contributed by atoms with Crippen LogP contribution >= 0.6 is 0 Å². The van der Waals surface area contributed by atoms with Crippen LogP contribution in [0.4, 0.5) is 0 Å². The Balaban J connectivity index is 1.92. The summed E-state index contributed by atoms with van der Waals surface area (Å²) in [4.78, 5) is 36.8. The highest BCUT2D eigenvalue weighted by Crippen LogP contribution is 2.35. The Bertz CT molecular complexity index is 761. The quantitative estimate of drug-likeness (QED) is 0.468. The van der Waals surface area contributed by atoms with E-state index in [1.165, 1.54) is 6.07 Å². The molecule has 0 radical (unpaired) electrons. The molecule has 0 spiro atoms. The van der Waals surface area contributed by atoms with Gasteiger partial charge < -0.3 is 10.2 Å². The topological polar surface area (TPSA) is 107 Å². The number of carbonyl (C=O) groups excluding carboxylic acids is 3. The van der Waals surface area contributed by atoms with Crippen molar-refractivity contribution in [2.75, 3.05) is 6.61 Å². The highest BCUT2D eigenvalue weighted by Gasteiger charge is 2.44. The molecular formula is C16H14N2O5. The lowest BCUT2D eigenvalue weighted by atomic mass is 10.0. The number of benzene rings is 1. The van der Waals surface area contributed by atoms with Crippen molar-refractivity contribution in [2.24, 2.45) is 0 Å². The number of imide groups is 1. The van der Waals surface area contributed by atoms with Gasteiger partial charge in [-0.15, -0.1) is 0 Å². The molecule has 2 aliphatic rings. The number of piperidine rings is 1. The molecule has 1 aromatic rings. The van der Waals surface area contributed by atoms with Gasteiger partial charge in [0.25, 0.3) is 5.91 Å². The van der Waals surface area contributed by atoms with Crippen molar-refractivity contribution in [1.29, 1.82) is 0 Å². The molecule has 0 aromatic heterocycles. The van der Waals surface area contributed by atoms with Gasteiger partial charge in [-0.25, -0.2) is 0 Å². The third-order valence-electron chi connectivity index (χ3n) is 3.92. The van der Waals surface area contributed by atoms with Crippen molar-refractivity contribution in [3.63, 3.8) is 0 Å². The SMILES string of the molecule is O=C1CCC(N2C(=O)c3cc(C#CCO)ccc3C2O)C(=O)N1. The predicted molar refractivity (Wildman–Crippen MR) is 77.7 cm³/mol. The van der Waals surface area contributed by atoms with Gasteiger partial charge in [-0.3, -0.25) is 24.6 Å². The second-order valence-corrected chi connectivity index (χ2v) is 5.31. The maximum Gasteiger partial charge on any atom is 0.257 e. The van der Waals surface area contributed by atoms with Gasteiger partial charge in [0.15, 0.2) is 6.23 Å². The molecule has 2 aliphatic heterocycles. The molecule has 0 aliphatic carbocycles. The molecule has 1 saturated heterocycles. The molecule has 2 heterocycles. The fraction of sp³-hybridized carbons (Fsp3) is 0.312. The number of amides is 3. The van der Waals surface area contributed by atoms with Gasteiger partial charge in [0.05, 0.1) is 0 Å². The number of aliphatic hydroxyl groups excluding tert-OH is 2. The normalized spacial score (nSPS) is 23.2. The molecule has 2 atom stereocenters. The highest BCUT2D eigenvalue weighted by atomic mass is 16.3. The zero-order valence-electron chi connectivity index (χ0n) is 12.1. The van der Waals surface area contributed by atoms with Gasteiger partial charge in [-0.2, -0.15) is 0 Å². The van der Waals surface area contributed by atoms with Crippen LogP contribution in [0.1, 0.15) is 40.6 Å². The Hall–Kier alpha value is -2.69. The fourth-order valence-electron chi connectivity index (χ4n) is 2.85. The second-order valence-electron chi connectivity index (χ2n) is 5.31. The molecule has 2 unspecified atom stereocenters. The number of aliphatic hydroxyl groups is 2. The first-order valence-corrected chi connectivity index (χ1v) is 7.11. The lowest BCUT2D eigenvalue weighted by molar-refractivity contribution is -0.139. The molecule has 0 saturated carbocycles. The maximum absolute atomic E-state index is 12.6. The van der Waals surface area contributed by atoms with Gasteiger partial charge in [-0.05, 0) is 18.6 Å². The summed E-state index contributed by atoms with van der Waals surface area (Å²) in [6, 6.07) is 3.85. The molecule has 1 fully saturated rings. The molecule has 7 heteroatoms. The first kappa shape index (κ1) is 15.2. The van der Waals surface area contributed by atoms with E-state index in [1.54, 1.807) is 12.1 Å². The average molecular weight is 314 g/mol. The fourth-order valence-corrected chi connectivity index (χ4v) is 2.85. The van der Waals surface area contributed by atoms with Crippen molar-refractivity contribution < 1.29 is 24.6 Å². The largest absolute Gasteiger partial charge is 0.384 e. The van der Waals surface area contributed by atoms with Crippen molar-refractivity contribution in [3.05, 3.63) is 34.9 Å². The predicted octanol–water partition coefficient (Wildman–Crippen LogP) is -0.718. The van der Waals surface area contributed by atoms with Crippen molar-refractivity contribution in [2.45, 2.75) is 25.1 Å². The van der Waals surface area contributed by atoms with Crippen LogP contribution in [-0.4, -0.2) is 45.5 Å². The van der Waals surface area contributed by atoms with Crippen LogP contribution in [0.15, 0.2) is 18.2 Å². The van der Waals surface area contributed by atoms with Crippen LogP contribution in [0, 0.1) is 11.8 Å². The van der Waals surface area contributed by atoms with E-state index >= 15 is 0 Å². The van der Waals surface area contributed by atoms with E-state index in [2.05, 4.69) is 17.2 Å². The first-order chi connectivity index (χ1) is 11.0. The lowest BCUT2D eigenvalue weighted by Gasteiger charge is -2.31. The molecule has 0 bridgehead atoms. The second kappa shape index (κ2) is 5.83. The zero-order chi connectivity index (χ0) is 16.6. The minimum atomic E-state index is -1.23. The van der Waals surface area contributed by atoms with E-state index in [1.807, 2.05) is 0 Å². The van der Waals surface area contributed by atoms with Crippen LogP contribution in [0.3, 0.4) is 0 Å². The first-order valence-electron chi connectivity index (χ1n) is 7.11. The summed E-state index contributed by atoms with van der Waals surface area (Å²) in [5.41, 5.74) is 1.20. The molecule has 23 heavy (non-hydrogen) atoms. The zero-order valence-corrected chi connectivity index (χ0v) is 12.1. The summed E-state index contributed by atoms with van der Waals surface area (Å²) in [6.45, 7) is -0.296. The van der Waals surface area contributed by atoms with Gasteiger partial charge in [0.2, 0.25) is 11.8 Å². The van der Waals surface area contributed by atoms with Gasteiger partial charge in [-0.1, -0.05) is 17.9 Å². The number of carbonyl (C=O) groups is 3. The van der Waals surface area contributed by atoms with Crippen molar-refractivity contribution in [3.8, 4) is 11.8 Å². The van der Waals surface area contributed by atoms with Crippen LogP contribution in [-0.2, 0) is 9.59 Å². The van der Waals surface area contributed by atoms with E-state index in [0.717, 1.165) is 4.90 Å². The van der Waals surface area contributed by atoms with E-state index in [-0.39, 0.29) is 30.9 Å². The summed E-state index contributed by atoms with van der Waals surface area (Å²) >= 11 is 0. The van der Waals surface area contributed by atoms with Crippen molar-refractivity contribution in [1.82, 2.24) is 10.2 Å². The molecular weight excluding hydrogens is 300 g/mol. The van der Waals surface area contributed by atoms with Gasteiger partial charge >= 0.3 is 0 Å². The van der Waals surface area contributed by atoms with Gasteiger partial charge in [0, 0.05) is 23.1 Å². The molecule has 3 amide bonds. The third kappa shape index (κ3) is 2.59. The Labute approximate surface area is 131 Å². The Morgan fingerprint density at radius 3 is 2.78 bits per heavy atom. The molecule has 118 valence electrons. The monoisotopic (exact) mass is 314 g/mol. The minimum Gasteiger partial charge on any atom is -0.384 e. The van der Waals surface area contributed by atoms with E-state index in [9.17, 15) is 19.5 Å². The summed E-state index contributed by atoms with van der Waals surface area (Å²) in [5, 5.41) is 21.3. The minimum absolute atomic E-state index is 0.122. The summed E-state index contributed by atoms with van der Waals surface area (Å²) < 4.78 is 0. The van der Waals surface area contributed by atoms with E-state index in [4.69, 9.17) is 5.11 Å². The number of fused-ring (bicyclic) bond motifs is 1. The molecule has 7 nitrogen and oxygen atoms in total. The Morgan fingerprint density at radius 1 is 1.30 bits per heavy atom. The highest BCUT2D eigenvalue weighted by molar-refractivity contribution is 6.05. The number of hydrogen-bond donors (Lipinski definition) is 3. The Kier molecular flexibility index (Phi) is 3.86. The number of nitrogens with zero attached hydrogens (tertiary/aromatic N) is 1.